The Morgan fingerprint density at radius 1 is 0.947 bits per heavy atom. The molecule has 0 saturated carbocycles. The number of aryl methyl sites for hydroxylation is 1. The summed E-state index contributed by atoms with van der Waals surface area (Å²) in [5, 5.41) is 10.3. The molecule has 0 aliphatic carbocycles. The van der Waals surface area contributed by atoms with Crippen LogP contribution in [0.1, 0.15) is 22.8 Å². The number of halogens is 2. The molecule has 0 amide bonds. The molecule has 0 fully saturated rings. The average Bonchev–Trinajstić information content (AvgIpc) is 2.38. The van der Waals surface area contributed by atoms with Gasteiger partial charge in [0.15, 0.2) is 0 Å². The zero-order valence-electron chi connectivity index (χ0n) is 10.4. The van der Waals surface area contributed by atoms with E-state index in [9.17, 15) is 13.9 Å². The maximum absolute atomic E-state index is 12.3. The molecule has 100 valence electrons. The highest BCUT2D eigenvalue weighted by atomic mass is 19.3. The summed E-state index contributed by atoms with van der Waals surface area (Å²) >= 11 is 0. The number of aliphatic hydroxyl groups is 1. The number of ether oxygens (including phenoxy) is 1. The molecule has 1 atom stereocenters. The van der Waals surface area contributed by atoms with Gasteiger partial charge in [-0.1, -0.05) is 42.5 Å². The van der Waals surface area contributed by atoms with Crippen LogP contribution in [0.5, 0.6) is 5.75 Å². The van der Waals surface area contributed by atoms with E-state index >= 15 is 0 Å². The molecule has 4 heteroatoms. The lowest BCUT2D eigenvalue weighted by Crippen LogP contribution is -2.08. The van der Waals surface area contributed by atoms with E-state index in [2.05, 4.69) is 4.74 Å². The van der Waals surface area contributed by atoms with E-state index in [0.29, 0.717) is 11.1 Å². The van der Waals surface area contributed by atoms with Crippen molar-refractivity contribution in [2.45, 2.75) is 19.6 Å². The van der Waals surface area contributed by atoms with Crippen LogP contribution in [0, 0.1) is 6.92 Å². The molecule has 1 unspecified atom stereocenters. The van der Waals surface area contributed by atoms with Crippen LogP contribution < -0.4 is 4.74 Å². The molecule has 2 nitrogen and oxygen atoms in total. The Kier molecular flexibility index (Phi) is 4.12. The van der Waals surface area contributed by atoms with Crippen molar-refractivity contribution >= 4 is 0 Å². The summed E-state index contributed by atoms with van der Waals surface area (Å²) in [4.78, 5) is 0. The summed E-state index contributed by atoms with van der Waals surface area (Å²) in [6.07, 6.45) is -0.990. The highest BCUT2D eigenvalue weighted by molar-refractivity contribution is 5.42. The molecule has 0 heterocycles. The Morgan fingerprint density at radius 2 is 1.53 bits per heavy atom. The van der Waals surface area contributed by atoms with Gasteiger partial charge < -0.3 is 9.84 Å². The van der Waals surface area contributed by atoms with Crippen LogP contribution in [0.4, 0.5) is 8.78 Å². The number of hydrogen-bond acceptors (Lipinski definition) is 2. The first-order valence-corrected chi connectivity index (χ1v) is 5.87. The predicted octanol–water partition coefficient (Wildman–Crippen LogP) is 3.68. The fourth-order valence-corrected chi connectivity index (χ4v) is 1.97. The van der Waals surface area contributed by atoms with Crippen molar-refractivity contribution in [3.05, 3.63) is 65.2 Å². The fourth-order valence-electron chi connectivity index (χ4n) is 1.97. The maximum atomic E-state index is 12.3. The van der Waals surface area contributed by atoms with E-state index < -0.39 is 12.7 Å². The normalized spacial score (nSPS) is 12.5. The smallest absolute Gasteiger partial charge is 0.387 e. The molecular formula is C15H14F2O2. The summed E-state index contributed by atoms with van der Waals surface area (Å²) in [6, 6.07) is 13.5. The monoisotopic (exact) mass is 264 g/mol. The Balaban J connectivity index is 2.39. The SMILES string of the molecule is Cc1ccccc1C(O)c1ccccc1OC(F)F. The van der Waals surface area contributed by atoms with Gasteiger partial charge in [0.05, 0.1) is 0 Å². The van der Waals surface area contributed by atoms with Gasteiger partial charge in [0.1, 0.15) is 11.9 Å². The van der Waals surface area contributed by atoms with Gasteiger partial charge in [0, 0.05) is 5.56 Å². The minimum absolute atomic E-state index is 0.00625. The number of hydrogen-bond donors (Lipinski definition) is 1. The van der Waals surface area contributed by atoms with E-state index in [4.69, 9.17) is 0 Å². The molecule has 0 aromatic heterocycles. The van der Waals surface area contributed by atoms with Crippen molar-refractivity contribution < 1.29 is 18.6 Å². The number of benzene rings is 2. The second-order valence-corrected chi connectivity index (χ2v) is 4.18. The van der Waals surface area contributed by atoms with Crippen molar-refractivity contribution in [3.63, 3.8) is 0 Å². The molecule has 0 bridgehead atoms. The molecule has 1 N–H and O–H groups in total. The zero-order chi connectivity index (χ0) is 13.8. The van der Waals surface area contributed by atoms with E-state index in [1.807, 2.05) is 19.1 Å². The van der Waals surface area contributed by atoms with Gasteiger partial charge in [0.25, 0.3) is 0 Å². The second-order valence-electron chi connectivity index (χ2n) is 4.18. The fraction of sp³-hybridized carbons (Fsp3) is 0.200. The van der Waals surface area contributed by atoms with E-state index in [0.717, 1.165) is 5.56 Å². The summed E-state index contributed by atoms with van der Waals surface area (Å²) < 4.78 is 29.1. The quantitative estimate of drug-likeness (QED) is 0.912. The van der Waals surface area contributed by atoms with Gasteiger partial charge in [0.2, 0.25) is 0 Å². The molecule has 0 saturated heterocycles. The van der Waals surface area contributed by atoms with Gasteiger partial charge >= 0.3 is 6.61 Å². The third-order valence-corrected chi connectivity index (χ3v) is 2.91. The molecule has 0 aliphatic heterocycles. The lowest BCUT2D eigenvalue weighted by Gasteiger charge is -2.17. The van der Waals surface area contributed by atoms with Gasteiger partial charge in [-0.15, -0.1) is 0 Å². The topological polar surface area (TPSA) is 29.5 Å². The summed E-state index contributed by atoms with van der Waals surface area (Å²) in [6.45, 7) is -1.06. The second kappa shape index (κ2) is 5.80. The Morgan fingerprint density at radius 3 is 2.16 bits per heavy atom. The number of alkyl halides is 2. The molecule has 0 radical (unpaired) electrons. The van der Waals surface area contributed by atoms with E-state index in [1.165, 1.54) is 6.07 Å². The van der Waals surface area contributed by atoms with Crippen molar-refractivity contribution in [3.8, 4) is 5.75 Å². The first kappa shape index (κ1) is 13.5. The zero-order valence-corrected chi connectivity index (χ0v) is 10.4. The van der Waals surface area contributed by atoms with Crippen molar-refractivity contribution in [1.82, 2.24) is 0 Å². The van der Waals surface area contributed by atoms with Crippen LogP contribution in [0.3, 0.4) is 0 Å². The van der Waals surface area contributed by atoms with Gasteiger partial charge in [-0.3, -0.25) is 0 Å². The van der Waals surface area contributed by atoms with Crippen LogP contribution >= 0.6 is 0 Å². The third kappa shape index (κ3) is 3.09. The number of aliphatic hydroxyl groups excluding tert-OH is 1. The Bertz CT molecular complexity index is 555. The minimum atomic E-state index is -2.91. The molecule has 0 aliphatic rings. The lowest BCUT2D eigenvalue weighted by molar-refractivity contribution is -0.0512. The van der Waals surface area contributed by atoms with Crippen LogP contribution in [-0.4, -0.2) is 11.7 Å². The Hall–Kier alpha value is -1.94. The molecule has 2 rings (SSSR count). The maximum Gasteiger partial charge on any atom is 0.387 e. The van der Waals surface area contributed by atoms with Crippen molar-refractivity contribution in [2.24, 2.45) is 0 Å². The molecule has 19 heavy (non-hydrogen) atoms. The summed E-state index contributed by atoms with van der Waals surface area (Å²) in [5.74, 6) is -0.00625. The van der Waals surface area contributed by atoms with E-state index in [-0.39, 0.29) is 5.75 Å². The standard InChI is InChI=1S/C15H14F2O2/c1-10-6-2-3-7-11(10)14(18)12-8-4-5-9-13(12)19-15(16)17/h2-9,14-15,18H,1H3. The first-order valence-electron chi connectivity index (χ1n) is 5.87. The van der Waals surface area contributed by atoms with Crippen LogP contribution in [0.15, 0.2) is 48.5 Å². The Labute approximate surface area is 110 Å². The minimum Gasteiger partial charge on any atom is -0.434 e. The predicted molar refractivity (Wildman–Crippen MR) is 68.3 cm³/mol. The highest BCUT2D eigenvalue weighted by Crippen LogP contribution is 2.32. The average molecular weight is 264 g/mol. The van der Waals surface area contributed by atoms with Crippen molar-refractivity contribution in [2.75, 3.05) is 0 Å². The third-order valence-electron chi connectivity index (χ3n) is 2.91. The van der Waals surface area contributed by atoms with Crippen LogP contribution in [0.25, 0.3) is 0 Å². The van der Waals surface area contributed by atoms with E-state index in [1.54, 1.807) is 30.3 Å². The largest absolute Gasteiger partial charge is 0.434 e. The number of para-hydroxylation sites is 1. The van der Waals surface area contributed by atoms with Gasteiger partial charge in [-0.2, -0.15) is 8.78 Å². The van der Waals surface area contributed by atoms with Crippen LogP contribution in [-0.2, 0) is 0 Å². The van der Waals surface area contributed by atoms with Crippen LogP contribution in [0.2, 0.25) is 0 Å². The molecule has 0 spiro atoms. The molecular weight excluding hydrogens is 250 g/mol. The highest BCUT2D eigenvalue weighted by Gasteiger charge is 2.18. The lowest BCUT2D eigenvalue weighted by atomic mass is 9.97. The van der Waals surface area contributed by atoms with Crippen molar-refractivity contribution in [1.29, 1.82) is 0 Å². The summed E-state index contributed by atoms with van der Waals surface area (Å²) in [5.41, 5.74) is 1.90. The number of rotatable bonds is 4. The van der Waals surface area contributed by atoms with Gasteiger partial charge in [-0.05, 0) is 24.1 Å². The van der Waals surface area contributed by atoms with Gasteiger partial charge in [-0.25, -0.2) is 0 Å². The molecule has 2 aromatic rings. The molecule has 2 aromatic carbocycles. The first-order chi connectivity index (χ1) is 9.09. The summed E-state index contributed by atoms with van der Waals surface area (Å²) in [7, 11) is 0.